The van der Waals surface area contributed by atoms with Crippen LogP contribution in [-0.4, -0.2) is 4.98 Å². The third-order valence-electron chi connectivity index (χ3n) is 2.37. The summed E-state index contributed by atoms with van der Waals surface area (Å²) >= 11 is 0. The van der Waals surface area contributed by atoms with Crippen molar-refractivity contribution in [3.8, 4) is 0 Å². The van der Waals surface area contributed by atoms with Gasteiger partial charge in [0.2, 0.25) is 0 Å². The monoisotopic (exact) mass is 213 g/mol. The first-order valence-electron chi connectivity index (χ1n) is 5.26. The highest BCUT2D eigenvalue weighted by Gasteiger charge is 1.95. The number of anilines is 2. The highest BCUT2D eigenvalue weighted by molar-refractivity contribution is 5.56. The number of nitrogens with two attached hydrogens (primary N) is 1. The zero-order chi connectivity index (χ0) is 11.4. The van der Waals surface area contributed by atoms with Crippen molar-refractivity contribution in [1.29, 1.82) is 0 Å². The first-order chi connectivity index (χ1) is 7.78. The van der Waals surface area contributed by atoms with Crippen LogP contribution in [0.2, 0.25) is 0 Å². The summed E-state index contributed by atoms with van der Waals surface area (Å²) in [6, 6.07) is 12.0. The summed E-state index contributed by atoms with van der Waals surface area (Å²) in [5.41, 5.74) is 8.84. The van der Waals surface area contributed by atoms with E-state index in [0.717, 1.165) is 22.6 Å². The third-order valence-corrected chi connectivity index (χ3v) is 2.37. The molecule has 0 atom stereocenters. The summed E-state index contributed by atoms with van der Waals surface area (Å²) in [5, 5.41) is 3.23. The van der Waals surface area contributed by atoms with Crippen molar-refractivity contribution in [2.75, 3.05) is 5.32 Å². The van der Waals surface area contributed by atoms with Crippen LogP contribution >= 0.6 is 0 Å². The predicted molar refractivity (Wildman–Crippen MR) is 66.6 cm³/mol. The normalized spacial score (nSPS) is 10.1. The Labute approximate surface area is 95.3 Å². The Bertz CT molecular complexity index is 446. The van der Waals surface area contributed by atoms with Gasteiger partial charge >= 0.3 is 0 Å². The van der Waals surface area contributed by atoms with Crippen molar-refractivity contribution in [3.05, 3.63) is 53.7 Å². The fraction of sp³-hybridized carbons (Fsp3) is 0.154. The van der Waals surface area contributed by atoms with Gasteiger partial charge in [-0.3, -0.25) is 0 Å². The molecule has 1 aromatic heterocycles. The lowest BCUT2D eigenvalue weighted by atomic mass is 10.2. The number of aromatic nitrogens is 1. The zero-order valence-electron chi connectivity index (χ0n) is 9.27. The summed E-state index contributed by atoms with van der Waals surface area (Å²) in [6.07, 6.45) is 1.84. The van der Waals surface area contributed by atoms with Gasteiger partial charge in [-0.05, 0) is 36.2 Å². The molecule has 0 bridgehead atoms. The summed E-state index contributed by atoms with van der Waals surface area (Å²) in [4.78, 5) is 4.28. The average Bonchev–Trinajstić information content (AvgIpc) is 2.33. The summed E-state index contributed by atoms with van der Waals surface area (Å²) in [7, 11) is 0. The molecular formula is C13H15N3. The molecule has 0 unspecified atom stereocenters. The molecule has 0 amide bonds. The quantitative estimate of drug-likeness (QED) is 0.824. The second-order valence-corrected chi connectivity index (χ2v) is 3.75. The van der Waals surface area contributed by atoms with E-state index in [1.165, 1.54) is 0 Å². The number of rotatable bonds is 3. The standard InChI is InChI=1S/C13H15N3/c1-10-2-7-13(15-9-10)16-12-5-3-11(8-14)4-6-12/h2-7,9H,8,14H2,1H3,(H,15,16). The van der Waals surface area contributed by atoms with E-state index >= 15 is 0 Å². The Hall–Kier alpha value is -1.87. The Morgan fingerprint density at radius 3 is 2.44 bits per heavy atom. The van der Waals surface area contributed by atoms with E-state index in [4.69, 9.17) is 5.73 Å². The number of nitrogens with one attached hydrogen (secondary N) is 1. The topological polar surface area (TPSA) is 50.9 Å². The van der Waals surface area contributed by atoms with Crippen molar-refractivity contribution < 1.29 is 0 Å². The van der Waals surface area contributed by atoms with Crippen molar-refractivity contribution in [2.45, 2.75) is 13.5 Å². The van der Waals surface area contributed by atoms with Gasteiger partial charge in [-0.1, -0.05) is 18.2 Å². The number of hydrogen-bond acceptors (Lipinski definition) is 3. The van der Waals surface area contributed by atoms with Gasteiger partial charge in [-0.25, -0.2) is 4.98 Å². The van der Waals surface area contributed by atoms with Crippen LogP contribution in [0.1, 0.15) is 11.1 Å². The van der Waals surface area contributed by atoms with Crippen LogP contribution in [-0.2, 0) is 6.54 Å². The van der Waals surface area contributed by atoms with Crippen molar-refractivity contribution in [3.63, 3.8) is 0 Å². The molecule has 3 nitrogen and oxygen atoms in total. The smallest absolute Gasteiger partial charge is 0.130 e. The molecule has 3 N–H and O–H groups in total. The number of hydrogen-bond donors (Lipinski definition) is 2. The molecule has 3 heteroatoms. The average molecular weight is 213 g/mol. The van der Waals surface area contributed by atoms with E-state index in [0.29, 0.717) is 6.54 Å². The minimum atomic E-state index is 0.572. The third kappa shape index (κ3) is 2.58. The van der Waals surface area contributed by atoms with Crippen LogP contribution in [0.25, 0.3) is 0 Å². The maximum Gasteiger partial charge on any atom is 0.130 e. The molecule has 0 saturated heterocycles. The predicted octanol–water partition coefficient (Wildman–Crippen LogP) is 2.59. The first-order valence-corrected chi connectivity index (χ1v) is 5.26. The lowest BCUT2D eigenvalue weighted by Crippen LogP contribution is -1.97. The highest BCUT2D eigenvalue weighted by atomic mass is 15.0. The van der Waals surface area contributed by atoms with Crippen molar-refractivity contribution in [1.82, 2.24) is 4.98 Å². The molecule has 0 aliphatic rings. The Morgan fingerprint density at radius 2 is 1.88 bits per heavy atom. The number of pyridine rings is 1. The highest BCUT2D eigenvalue weighted by Crippen LogP contribution is 2.15. The van der Waals surface area contributed by atoms with Crippen LogP contribution < -0.4 is 11.1 Å². The van der Waals surface area contributed by atoms with Gasteiger partial charge in [0.25, 0.3) is 0 Å². The van der Waals surface area contributed by atoms with E-state index in [-0.39, 0.29) is 0 Å². The Morgan fingerprint density at radius 1 is 1.12 bits per heavy atom. The molecule has 0 saturated carbocycles. The van der Waals surface area contributed by atoms with Gasteiger partial charge in [0.05, 0.1) is 0 Å². The molecule has 82 valence electrons. The van der Waals surface area contributed by atoms with E-state index in [1.807, 2.05) is 49.5 Å². The van der Waals surface area contributed by atoms with E-state index in [2.05, 4.69) is 10.3 Å². The van der Waals surface area contributed by atoms with E-state index in [9.17, 15) is 0 Å². The molecule has 0 aliphatic carbocycles. The largest absolute Gasteiger partial charge is 0.340 e. The van der Waals surface area contributed by atoms with Gasteiger partial charge in [0.15, 0.2) is 0 Å². The Kier molecular flexibility index (Phi) is 3.17. The van der Waals surface area contributed by atoms with Crippen LogP contribution in [0.3, 0.4) is 0 Å². The second kappa shape index (κ2) is 4.77. The summed E-state index contributed by atoms with van der Waals surface area (Å²) in [5.74, 6) is 0.853. The lowest BCUT2D eigenvalue weighted by Gasteiger charge is -2.06. The van der Waals surface area contributed by atoms with Gasteiger partial charge in [0.1, 0.15) is 5.82 Å². The Balaban J connectivity index is 2.11. The fourth-order valence-corrected chi connectivity index (χ4v) is 1.41. The van der Waals surface area contributed by atoms with Crippen LogP contribution in [0.15, 0.2) is 42.6 Å². The fourth-order valence-electron chi connectivity index (χ4n) is 1.41. The molecule has 0 spiro atoms. The second-order valence-electron chi connectivity index (χ2n) is 3.75. The van der Waals surface area contributed by atoms with Crippen molar-refractivity contribution in [2.24, 2.45) is 5.73 Å². The minimum absolute atomic E-state index is 0.572. The maximum atomic E-state index is 5.54. The molecule has 0 aliphatic heterocycles. The minimum Gasteiger partial charge on any atom is -0.340 e. The van der Waals surface area contributed by atoms with E-state index in [1.54, 1.807) is 0 Å². The SMILES string of the molecule is Cc1ccc(Nc2ccc(CN)cc2)nc1. The van der Waals surface area contributed by atoms with Crippen LogP contribution in [0.4, 0.5) is 11.5 Å². The first kappa shape index (κ1) is 10.6. The molecule has 2 aromatic rings. The van der Waals surface area contributed by atoms with Crippen LogP contribution in [0, 0.1) is 6.92 Å². The number of aryl methyl sites for hydroxylation is 1. The van der Waals surface area contributed by atoms with Crippen LogP contribution in [0.5, 0.6) is 0 Å². The molecular weight excluding hydrogens is 198 g/mol. The summed E-state index contributed by atoms with van der Waals surface area (Å²) in [6.45, 7) is 2.59. The van der Waals surface area contributed by atoms with Gasteiger partial charge in [-0.2, -0.15) is 0 Å². The molecule has 2 rings (SSSR count). The van der Waals surface area contributed by atoms with Gasteiger partial charge in [-0.15, -0.1) is 0 Å². The molecule has 1 aromatic carbocycles. The number of nitrogens with zero attached hydrogens (tertiary/aromatic N) is 1. The van der Waals surface area contributed by atoms with Gasteiger partial charge in [0, 0.05) is 18.4 Å². The maximum absolute atomic E-state index is 5.54. The zero-order valence-corrected chi connectivity index (χ0v) is 9.27. The van der Waals surface area contributed by atoms with Crippen molar-refractivity contribution >= 4 is 11.5 Å². The van der Waals surface area contributed by atoms with E-state index < -0.39 is 0 Å². The molecule has 0 fully saturated rings. The lowest BCUT2D eigenvalue weighted by molar-refractivity contribution is 1.07. The summed E-state index contributed by atoms with van der Waals surface area (Å²) < 4.78 is 0. The molecule has 16 heavy (non-hydrogen) atoms. The molecule has 0 radical (unpaired) electrons. The van der Waals surface area contributed by atoms with Gasteiger partial charge < -0.3 is 11.1 Å². The molecule has 1 heterocycles. The number of benzene rings is 1.